The average molecular weight is 210 g/mol. The molecule has 0 aliphatic heterocycles. The Balaban J connectivity index is 2.47. The maximum Gasteiger partial charge on any atom is 0.308 e. The van der Waals surface area contributed by atoms with Gasteiger partial charge in [-0.2, -0.15) is 0 Å². The fourth-order valence-electron chi connectivity index (χ4n) is 1.03. The Labute approximate surface area is 88.2 Å². The number of hydrogen-bond acceptors (Lipinski definition) is 5. The van der Waals surface area contributed by atoms with E-state index in [4.69, 9.17) is 10.5 Å². The molecule has 15 heavy (non-hydrogen) atoms. The number of aryl methyl sites for hydroxylation is 1. The second kappa shape index (κ2) is 5.19. The highest BCUT2D eigenvalue weighted by Gasteiger charge is 2.04. The van der Waals surface area contributed by atoms with Crippen molar-refractivity contribution in [2.45, 2.75) is 13.3 Å². The van der Waals surface area contributed by atoms with Gasteiger partial charge in [-0.15, -0.1) is 0 Å². The van der Waals surface area contributed by atoms with Crippen LogP contribution < -0.4 is 10.5 Å². The van der Waals surface area contributed by atoms with Crippen molar-refractivity contribution >= 4 is 11.8 Å². The van der Waals surface area contributed by atoms with Gasteiger partial charge in [0.15, 0.2) is 11.6 Å². The Morgan fingerprint density at radius 1 is 1.53 bits per heavy atom. The van der Waals surface area contributed by atoms with E-state index in [1.807, 2.05) is 6.92 Å². The van der Waals surface area contributed by atoms with Gasteiger partial charge in [-0.3, -0.25) is 4.79 Å². The first kappa shape index (κ1) is 11.3. The van der Waals surface area contributed by atoms with Crippen LogP contribution in [0.2, 0.25) is 0 Å². The molecular formula is C10H14N2O3. The Kier molecular flexibility index (Phi) is 3.91. The number of carbonyl (C=O) groups excluding carboxylic acids is 1. The molecule has 0 aliphatic carbocycles. The lowest BCUT2D eigenvalue weighted by molar-refractivity contribution is -0.141. The molecule has 0 radical (unpaired) electrons. The highest BCUT2D eigenvalue weighted by atomic mass is 16.5. The van der Waals surface area contributed by atoms with Gasteiger partial charge in [-0.1, -0.05) is 0 Å². The predicted molar refractivity (Wildman–Crippen MR) is 55.5 cm³/mol. The van der Waals surface area contributed by atoms with E-state index in [1.165, 1.54) is 7.11 Å². The van der Waals surface area contributed by atoms with E-state index in [0.29, 0.717) is 11.6 Å². The van der Waals surface area contributed by atoms with Crippen LogP contribution in [0.15, 0.2) is 12.1 Å². The monoisotopic (exact) mass is 210 g/mol. The van der Waals surface area contributed by atoms with E-state index < -0.39 is 0 Å². The van der Waals surface area contributed by atoms with Crippen molar-refractivity contribution in [3.8, 4) is 5.75 Å². The maximum absolute atomic E-state index is 10.8. The van der Waals surface area contributed by atoms with Crippen LogP contribution in [0.1, 0.15) is 12.1 Å². The Hall–Kier alpha value is -1.78. The minimum Gasteiger partial charge on any atom is -0.489 e. The van der Waals surface area contributed by atoms with Gasteiger partial charge in [-0.25, -0.2) is 4.98 Å². The SMILES string of the molecule is COC(=O)CCOc1ccc(C)nc1N. The van der Waals surface area contributed by atoms with Gasteiger partial charge in [0, 0.05) is 5.69 Å². The number of esters is 1. The first-order chi connectivity index (χ1) is 7.13. The summed E-state index contributed by atoms with van der Waals surface area (Å²) in [4.78, 5) is 14.8. The molecule has 0 aliphatic rings. The lowest BCUT2D eigenvalue weighted by Gasteiger charge is -2.07. The standard InChI is InChI=1S/C10H14N2O3/c1-7-3-4-8(10(11)12-7)15-6-5-9(13)14-2/h3-4H,5-6H2,1-2H3,(H2,11,12). The molecular weight excluding hydrogens is 196 g/mol. The van der Waals surface area contributed by atoms with Gasteiger partial charge in [-0.05, 0) is 19.1 Å². The van der Waals surface area contributed by atoms with Crippen molar-refractivity contribution < 1.29 is 14.3 Å². The minimum atomic E-state index is -0.311. The Bertz CT molecular complexity index is 353. The van der Waals surface area contributed by atoms with Crippen LogP contribution in [-0.2, 0) is 9.53 Å². The summed E-state index contributed by atoms with van der Waals surface area (Å²) >= 11 is 0. The molecule has 0 spiro atoms. The molecule has 0 fully saturated rings. The molecule has 0 bridgehead atoms. The molecule has 82 valence electrons. The first-order valence-electron chi connectivity index (χ1n) is 4.56. The fourth-order valence-corrected chi connectivity index (χ4v) is 1.03. The van der Waals surface area contributed by atoms with Crippen LogP contribution in [0.5, 0.6) is 5.75 Å². The normalized spacial score (nSPS) is 9.73. The van der Waals surface area contributed by atoms with E-state index in [2.05, 4.69) is 9.72 Å². The predicted octanol–water partition coefficient (Wildman–Crippen LogP) is 0.914. The summed E-state index contributed by atoms with van der Waals surface area (Å²) in [5.74, 6) is 0.512. The molecule has 0 saturated carbocycles. The van der Waals surface area contributed by atoms with Crippen molar-refractivity contribution in [1.82, 2.24) is 4.98 Å². The molecule has 1 heterocycles. The molecule has 0 amide bonds. The zero-order valence-electron chi connectivity index (χ0n) is 8.82. The highest BCUT2D eigenvalue weighted by Crippen LogP contribution is 2.18. The number of nitrogen functional groups attached to an aromatic ring is 1. The number of ether oxygens (including phenoxy) is 2. The van der Waals surface area contributed by atoms with Crippen LogP contribution in [0, 0.1) is 6.92 Å². The number of hydrogen-bond donors (Lipinski definition) is 1. The summed E-state index contributed by atoms with van der Waals surface area (Å²) < 4.78 is 9.75. The molecule has 5 nitrogen and oxygen atoms in total. The molecule has 5 heteroatoms. The molecule has 1 rings (SSSR count). The number of anilines is 1. The van der Waals surface area contributed by atoms with E-state index in [9.17, 15) is 4.79 Å². The van der Waals surface area contributed by atoms with Gasteiger partial charge < -0.3 is 15.2 Å². The molecule has 1 aromatic heterocycles. The minimum absolute atomic E-state index is 0.198. The number of aromatic nitrogens is 1. The summed E-state index contributed by atoms with van der Waals surface area (Å²) in [5, 5.41) is 0. The third-order valence-corrected chi connectivity index (χ3v) is 1.82. The first-order valence-corrected chi connectivity index (χ1v) is 4.56. The number of rotatable bonds is 4. The lowest BCUT2D eigenvalue weighted by Crippen LogP contribution is -2.08. The van der Waals surface area contributed by atoms with E-state index in [0.717, 1.165) is 5.69 Å². The van der Waals surface area contributed by atoms with Gasteiger partial charge in [0.1, 0.15) is 0 Å². The molecule has 2 N–H and O–H groups in total. The number of carbonyl (C=O) groups is 1. The van der Waals surface area contributed by atoms with Crippen molar-refractivity contribution in [3.63, 3.8) is 0 Å². The zero-order chi connectivity index (χ0) is 11.3. The van der Waals surface area contributed by atoms with Crippen LogP contribution >= 0.6 is 0 Å². The topological polar surface area (TPSA) is 74.4 Å². The third-order valence-electron chi connectivity index (χ3n) is 1.82. The van der Waals surface area contributed by atoms with Gasteiger partial charge in [0.25, 0.3) is 0 Å². The van der Waals surface area contributed by atoms with E-state index >= 15 is 0 Å². The molecule has 0 unspecified atom stereocenters. The van der Waals surface area contributed by atoms with Gasteiger partial charge in [0.2, 0.25) is 0 Å². The van der Waals surface area contributed by atoms with Gasteiger partial charge in [0.05, 0.1) is 20.1 Å². The van der Waals surface area contributed by atoms with Crippen LogP contribution in [0.25, 0.3) is 0 Å². The Morgan fingerprint density at radius 3 is 2.87 bits per heavy atom. The smallest absolute Gasteiger partial charge is 0.308 e. The molecule has 1 aromatic rings. The Morgan fingerprint density at radius 2 is 2.27 bits per heavy atom. The molecule has 0 atom stereocenters. The highest BCUT2D eigenvalue weighted by molar-refractivity contribution is 5.69. The number of nitrogens with zero attached hydrogens (tertiary/aromatic N) is 1. The summed E-state index contributed by atoms with van der Waals surface area (Å²) in [6.07, 6.45) is 0.198. The van der Waals surface area contributed by atoms with Crippen molar-refractivity contribution in [2.75, 3.05) is 19.5 Å². The molecule has 0 saturated heterocycles. The summed E-state index contributed by atoms with van der Waals surface area (Å²) in [6, 6.07) is 3.53. The quantitative estimate of drug-likeness (QED) is 0.748. The fraction of sp³-hybridized carbons (Fsp3) is 0.400. The summed E-state index contributed by atoms with van der Waals surface area (Å²) in [5.41, 5.74) is 6.45. The maximum atomic E-state index is 10.8. The number of pyridine rings is 1. The second-order valence-electron chi connectivity index (χ2n) is 3.01. The van der Waals surface area contributed by atoms with Crippen molar-refractivity contribution in [2.24, 2.45) is 0 Å². The summed E-state index contributed by atoms with van der Waals surface area (Å²) in [6.45, 7) is 2.08. The van der Waals surface area contributed by atoms with Crippen LogP contribution in [0.3, 0.4) is 0 Å². The van der Waals surface area contributed by atoms with Crippen molar-refractivity contribution in [3.05, 3.63) is 17.8 Å². The van der Waals surface area contributed by atoms with Gasteiger partial charge >= 0.3 is 5.97 Å². The molecule has 0 aromatic carbocycles. The van der Waals surface area contributed by atoms with Crippen LogP contribution in [-0.4, -0.2) is 24.7 Å². The van der Waals surface area contributed by atoms with E-state index in [1.54, 1.807) is 12.1 Å². The zero-order valence-corrected chi connectivity index (χ0v) is 8.82. The number of nitrogens with two attached hydrogens (primary N) is 1. The summed E-state index contributed by atoms with van der Waals surface area (Å²) in [7, 11) is 1.34. The average Bonchev–Trinajstić information content (AvgIpc) is 2.21. The third kappa shape index (κ3) is 3.46. The largest absolute Gasteiger partial charge is 0.489 e. The second-order valence-corrected chi connectivity index (χ2v) is 3.01. The number of methoxy groups -OCH3 is 1. The van der Waals surface area contributed by atoms with E-state index in [-0.39, 0.29) is 19.0 Å². The van der Waals surface area contributed by atoms with Crippen molar-refractivity contribution in [1.29, 1.82) is 0 Å². The lowest BCUT2D eigenvalue weighted by atomic mass is 10.3. The van der Waals surface area contributed by atoms with Crippen LogP contribution in [0.4, 0.5) is 5.82 Å².